The molecule has 1 saturated heterocycles. The number of nitrogens with zero attached hydrogens (tertiary/aromatic N) is 1. The lowest BCUT2D eigenvalue weighted by Crippen LogP contribution is -2.37. The van der Waals surface area contributed by atoms with Gasteiger partial charge in [-0.3, -0.25) is 9.59 Å². The molecule has 1 aliphatic rings. The smallest absolute Gasteiger partial charge is 0.305 e. The number of thiocarbonyl (C=S) groups is 1. The van der Waals surface area contributed by atoms with Crippen LogP contribution in [0.25, 0.3) is 0 Å². The molecule has 1 heterocycles. The second kappa shape index (κ2) is 3.38. The van der Waals surface area contributed by atoms with Crippen molar-refractivity contribution in [3.8, 4) is 0 Å². The van der Waals surface area contributed by atoms with Crippen LogP contribution in [0.5, 0.6) is 0 Å². The fourth-order valence-electron chi connectivity index (χ4n) is 0.762. The van der Waals surface area contributed by atoms with Gasteiger partial charge in [-0.1, -0.05) is 24.0 Å². The van der Waals surface area contributed by atoms with Crippen LogP contribution in [0, 0.1) is 0 Å². The topological polar surface area (TPSA) is 83.6 Å². The van der Waals surface area contributed by atoms with Gasteiger partial charge in [-0.2, -0.15) is 0 Å². The third kappa shape index (κ3) is 1.74. The monoisotopic (exact) mass is 206 g/mol. The van der Waals surface area contributed by atoms with E-state index in [9.17, 15) is 9.59 Å². The van der Waals surface area contributed by atoms with Crippen LogP contribution in [0.3, 0.4) is 0 Å². The molecule has 1 unspecified atom stereocenters. The fraction of sp³-hybridized carbons (Fsp3) is 0.400. The Morgan fingerprint density at radius 2 is 2.42 bits per heavy atom. The summed E-state index contributed by atoms with van der Waals surface area (Å²) < 4.78 is 0.228. The van der Waals surface area contributed by atoms with Crippen LogP contribution < -0.4 is 5.84 Å². The van der Waals surface area contributed by atoms with E-state index in [0.29, 0.717) is 0 Å². The van der Waals surface area contributed by atoms with Crippen molar-refractivity contribution < 1.29 is 14.7 Å². The van der Waals surface area contributed by atoms with Gasteiger partial charge in [0.15, 0.2) is 4.32 Å². The highest BCUT2D eigenvalue weighted by atomic mass is 32.2. The van der Waals surface area contributed by atoms with Gasteiger partial charge >= 0.3 is 5.97 Å². The number of carboxylic acids is 1. The van der Waals surface area contributed by atoms with E-state index in [1.54, 1.807) is 0 Å². The first-order valence-electron chi connectivity index (χ1n) is 3.03. The van der Waals surface area contributed by atoms with E-state index in [2.05, 4.69) is 0 Å². The van der Waals surface area contributed by atoms with Crippen LogP contribution in [-0.4, -0.2) is 31.6 Å². The van der Waals surface area contributed by atoms with Gasteiger partial charge in [-0.15, -0.1) is 0 Å². The highest BCUT2D eigenvalue weighted by Crippen LogP contribution is 2.26. The minimum Gasteiger partial charge on any atom is -0.481 e. The number of carbonyl (C=O) groups is 2. The molecule has 0 spiro atoms. The quantitative estimate of drug-likeness (QED) is 0.362. The molecule has 0 saturated carbocycles. The maximum atomic E-state index is 11.1. The molecule has 1 rings (SSSR count). The summed E-state index contributed by atoms with van der Waals surface area (Å²) in [7, 11) is 0. The molecule has 0 aliphatic carbocycles. The van der Waals surface area contributed by atoms with Crippen molar-refractivity contribution in [1.29, 1.82) is 0 Å². The average molecular weight is 206 g/mol. The largest absolute Gasteiger partial charge is 0.481 e. The number of rotatable bonds is 2. The number of thioether (sulfide) groups is 1. The predicted molar refractivity (Wildman–Crippen MR) is 47.3 cm³/mol. The number of nitrogens with two attached hydrogens (primary N) is 1. The Bertz CT molecular complexity index is 253. The predicted octanol–water partition coefficient (Wildman–Crippen LogP) is -0.436. The molecule has 12 heavy (non-hydrogen) atoms. The number of amides is 1. The maximum Gasteiger partial charge on any atom is 0.305 e. The number of hydrogen-bond acceptors (Lipinski definition) is 5. The third-order valence-corrected chi connectivity index (χ3v) is 2.85. The highest BCUT2D eigenvalue weighted by Gasteiger charge is 2.36. The zero-order valence-electron chi connectivity index (χ0n) is 5.89. The Morgan fingerprint density at radius 3 is 2.75 bits per heavy atom. The molecule has 0 aromatic carbocycles. The van der Waals surface area contributed by atoms with Crippen molar-refractivity contribution in [1.82, 2.24) is 5.01 Å². The first kappa shape index (κ1) is 9.43. The molecule has 1 aliphatic heterocycles. The summed E-state index contributed by atoms with van der Waals surface area (Å²) in [4.78, 5) is 21.3. The molecule has 1 atom stereocenters. The number of carboxylic acid groups (broad SMARTS) is 1. The molecular weight excluding hydrogens is 200 g/mol. The van der Waals surface area contributed by atoms with Crippen LogP contribution in [0.1, 0.15) is 6.42 Å². The van der Waals surface area contributed by atoms with Gasteiger partial charge < -0.3 is 5.11 Å². The van der Waals surface area contributed by atoms with Crippen LogP contribution in [-0.2, 0) is 9.59 Å². The van der Waals surface area contributed by atoms with Crippen LogP contribution in [0.2, 0.25) is 0 Å². The zero-order valence-corrected chi connectivity index (χ0v) is 7.52. The van der Waals surface area contributed by atoms with Crippen LogP contribution in [0.4, 0.5) is 0 Å². The van der Waals surface area contributed by atoms with E-state index in [-0.39, 0.29) is 10.7 Å². The lowest BCUT2D eigenvalue weighted by atomic mass is 10.3. The molecule has 3 N–H and O–H groups in total. The molecule has 1 amide bonds. The Hall–Kier alpha value is -0.660. The highest BCUT2D eigenvalue weighted by molar-refractivity contribution is 8.24. The minimum absolute atomic E-state index is 0.228. The van der Waals surface area contributed by atoms with Gasteiger partial charge in [-0.25, -0.2) is 10.9 Å². The van der Waals surface area contributed by atoms with Gasteiger partial charge in [-0.05, 0) is 0 Å². The first-order valence-corrected chi connectivity index (χ1v) is 4.32. The van der Waals surface area contributed by atoms with E-state index < -0.39 is 17.1 Å². The number of aliphatic carboxylic acids is 1. The van der Waals surface area contributed by atoms with Crippen molar-refractivity contribution in [2.24, 2.45) is 5.84 Å². The average Bonchev–Trinajstić information content (AvgIpc) is 2.17. The maximum absolute atomic E-state index is 11.1. The normalized spacial score (nSPS) is 23.4. The van der Waals surface area contributed by atoms with Crippen molar-refractivity contribution in [2.75, 3.05) is 0 Å². The van der Waals surface area contributed by atoms with Crippen molar-refractivity contribution in [3.63, 3.8) is 0 Å². The first-order chi connectivity index (χ1) is 5.52. The van der Waals surface area contributed by atoms with E-state index >= 15 is 0 Å². The summed E-state index contributed by atoms with van der Waals surface area (Å²) in [6, 6.07) is 0. The van der Waals surface area contributed by atoms with Crippen molar-refractivity contribution >= 4 is 40.2 Å². The van der Waals surface area contributed by atoms with Gasteiger partial charge in [0.2, 0.25) is 0 Å². The molecule has 5 nitrogen and oxygen atoms in total. The summed E-state index contributed by atoms with van der Waals surface area (Å²) >= 11 is 5.71. The van der Waals surface area contributed by atoms with Gasteiger partial charge in [0.05, 0.1) is 6.42 Å². The number of hydrogen-bond donors (Lipinski definition) is 2. The second-order valence-corrected chi connectivity index (χ2v) is 4.02. The zero-order chi connectivity index (χ0) is 9.30. The fourth-order valence-corrected chi connectivity index (χ4v) is 2.09. The van der Waals surface area contributed by atoms with Gasteiger partial charge in [0, 0.05) is 0 Å². The molecule has 0 radical (unpaired) electrons. The second-order valence-electron chi connectivity index (χ2n) is 2.18. The minimum atomic E-state index is -1.03. The van der Waals surface area contributed by atoms with Crippen LogP contribution >= 0.6 is 24.0 Å². The van der Waals surface area contributed by atoms with Crippen molar-refractivity contribution in [3.05, 3.63) is 0 Å². The Balaban J connectivity index is 2.65. The lowest BCUT2D eigenvalue weighted by Gasteiger charge is -2.05. The number of hydrazine groups is 1. The summed E-state index contributed by atoms with van der Waals surface area (Å²) in [5.74, 6) is 3.75. The molecule has 0 bridgehead atoms. The Kier molecular flexibility index (Phi) is 2.65. The number of carbonyl (C=O) groups excluding carboxylic acids is 1. The SMILES string of the molecule is NN1C(=O)C(CC(=O)O)SC1=S. The van der Waals surface area contributed by atoms with Gasteiger partial charge in [0.1, 0.15) is 5.25 Å². The summed E-state index contributed by atoms with van der Waals surface area (Å²) in [5, 5.41) is 8.56. The Labute approximate surface area is 77.9 Å². The standard InChI is InChI=1S/C5H6N2O3S2/c6-7-4(10)2(1-3(8)9)12-5(7)11/h2H,1,6H2,(H,8,9). The van der Waals surface area contributed by atoms with Crippen LogP contribution in [0.15, 0.2) is 0 Å². The van der Waals surface area contributed by atoms with Gasteiger partial charge in [0.25, 0.3) is 5.91 Å². The Morgan fingerprint density at radius 1 is 1.83 bits per heavy atom. The van der Waals surface area contributed by atoms with E-state index in [1.807, 2.05) is 0 Å². The van der Waals surface area contributed by atoms with Crippen molar-refractivity contribution in [2.45, 2.75) is 11.7 Å². The summed E-state index contributed by atoms with van der Waals surface area (Å²) in [5.41, 5.74) is 0. The lowest BCUT2D eigenvalue weighted by molar-refractivity contribution is -0.139. The summed E-state index contributed by atoms with van der Waals surface area (Å²) in [6.07, 6.45) is -0.239. The van der Waals surface area contributed by atoms with E-state index in [4.69, 9.17) is 23.2 Å². The molecular formula is C5H6N2O3S2. The molecule has 7 heteroatoms. The third-order valence-electron chi connectivity index (χ3n) is 1.31. The van der Waals surface area contributed by atoms with E-state index in [1.165, 1.54) is 0 Å². The molecule has 0 aromatic rings. The molecule has 66 valence electrons. The molecule has 1 fully saturated rings. The summed E-state index contributed by atoms with van der Waals surface area (Å²) in [6.45, 7) is 0. The van der Waals surface area contributed by atoms with E-state index in [0.717, 1.165) is 16.8 Å². The molecule has 0 aromatic heterocycles.